The maximum Gasteiger partial charge on any atom is 0.466 e. The standard InChI is InChI=1S/C15H12ClN3O5S/c16-11-3-4-12-13(18-24-25(21,22)23)5-7-19(14(12)8-11)15(20)10-2-1-6-17-9-10/h1-4,6,8-9H,5,7H2,(H,21,22,23)/b18-13-. The Bertz CT molecular complexity index is 947. The van der Waals surface area contributed by atoms with E-state index in [9.17, 15) is 13.2 Å². The molecule has 0 unspecified atom stereocenters. The lowest BCUT2D eigenvalue weighted by atomic mass is 9.99. The summed E-state index contributed by atoms with van der Waals surface area (Å²) in [5.74, 6) is -0.272. The Hall–Kier alpha value is -2.49. The van der Waals surface area contributed by atoms with Crippen molar-refractivity contribution < 1.29 is 22.0 Å². The van der Waals surface area contributed by atoms with Gasteiger partial charge in [0.25, 0.3) is 5.91 Å². The molecule has 0 aliphatic carbocycles. The average Bonchev–Trinajstić information content (AvgIpc) is 2.59. The molecule has 3 rings (SSSR count). The molecule has 0 saturated heterocycles. The van der Waals surface area contributed by atoms with Crippen LogP contribution in [0.1, 0.15) is 22.3 Å². The van der Waals surface area contributed by atoms with E-state index >= 15 is 0 Å². The summed E-state index contributed by atoms with van der Waals surface area (Å²) in [6.45, 7) is 0.231. The van der Waals surface area contributed by atoms with Crippen molar-refractivity contribution in [2.45, 2.75) is 6.42 Å². The quantitative estimate of drug-likeness (QED) is 0.645. The van der Waals surface area contributed by atoms with Crippen molar-refractivity contribution in [1.29, 1.82) is 0 Å². The van der Waals surface area contributed by atoms with E-state index < -0.39 is 10.4 Å². The zero-order chi connectivity index (χ0) is 18.0. The van der Waals surface area contributed by atoms with Gasteiger partial charge in [0.15, 0.2) is 0 Å². The molecule has 0 spiro atoms. The minimum Gasteiger partial charge on any atom is -0.307 e. The first-order valence-corrected chi connectivity index (χ1v) is 8.84. The molecule has 1 aliphatic heterocycles. The molecule has 1 amide bonds. The van der Waals surface area contributed by atoms with E-state index in [2.05, 4.69) is 14.4 Å². The number of hydrogen-bond donors (Lipinski definition) is 1. The lowest BCUT2D eigenvalue weighted by Crippen LogP contribution is -2.37. The first-order valence-electron chi connectivity index (χ1n) is 7.10. The van der Waals surface area contributed by atoms with E-state index in [1.54, 1.807) is 36.5 Å². The van der Waals surface area contributed by atoms with E-state index in [1.807, 2.05) is 0 Å². The van der Waals surface area contributed by atoms with Crippen LogP contribution < -0.4 is 4.90 Å². The topological polar surface area (TPSA) is 109 Å². The van der Waals surface area contributed by atoms with E-state index in [-0.39, 0.29) is 24.6 Å². The number of pyridine rings is 1. The van der Waals surface area contributed by atoms with Crippen LogP contribution in [-0.4, -0.2) is 36.1 Å². The normalized spacial score (nSPS) is 15.8. The molecule has 0 saturated carbocycles. The molecule has 1 aliphatic rings. The molecule has 0 atom stereocenters. The van der Waals surface area contributed by atoms with Crippen LogP contribution in [0.25, 0.3) is 0 Å². The third kappa shape index (κ3) is 3.95. The Kier molecular flexibility index (Phi) is 4.71. The highest BCUT2D eigenvalue weighted by molar-refractivity contribution is 7.80. The van der Waals surface area contributed by atoms with Crippen LogP contribution in [0.5, 0.6) is 0 Å². The van der Waals surface area contributed by atoms with Crippen LogP contribution in [0.4, 0.5) is 5.69 Å². The second-order valence-electron chi connectivity index (χ2n) is 5.15. The predicted octanol–water partition coefficient (Wildman–Crippen LogP) is 2.31. The van der Waals surface area contributed by atoms with Gasteiger partial charge in [0.1, 0.15) is 0 Å². The summed E-state index contributed by atoms with van der Waals surface area (Å²) in [6, 6.07) is 8.06. The van der Waals surface area contributed by atoms with Gasteiger partial charge in [-0.3, -0.25) is 14.3 Å². The Morgan fingerprint density at radius 2 is 2.16 bits per heavy atom. The van der Waals surface area contributed by atoms with Gasteiger partial charge in [-0.1, -0.05) is 16.8 Å². The van der Waals surface area contributed by atoms with Crippen LogP contribution in [0.2, 0.25) is 5.02 Å². The molecule has 1 aromatic heterocycles. The van der Waals surface area contributed by atoms with Gasteiger partial charge >= 0.3 is 10.4 Å². The molecule has 0 radical (unpaired) electrons. The average molecular weight is 382 g/mol. The summed E-state index contributed by atoms with van der Waals surface area (Å²) in [7, 11) is -4.71. The summed E-state index contributed by atoms with van der Waals surface area (Å²) in [5, 5.41) is 3.88. The lowest BCUT2D eigenvalue weighted by Gasteiger charge is -2.30. The van der Waals surface area contributed by atoms with Gasteiger partial charge in [0, 0.05) is 35.9 Å². The number of aromatic nitrogens is 1. The SMILES string of the molecule is O=C(c1cccnc1)N1CC/C(=N/OS(=O)(=O)O)c2ccc(Cl)cc21. The molecule has 8 nitrogen and oxygen atoms in total. The maximum atomic E-state index is 12.7. The molecule has 1 N–H and O–H groups in total. The first-order chi connectivity index (χ1) is 11.8. The van der Waals surface area contributed by atoms with E-state index in [1.165, 1.54) is 11.1 Å². The highest BCUT2D eigenvalue weighted by atomic mass is 35.5. The molecular formula is C15H12ClN3O5S. The number of carbonyl (C=O) groups excluding carboxylic acids is 1. The van der Waals surface area contributed by atoms with Crippen molar-refractivity contribution in [3.05, 3.63) is 58.9 Å². The number of amides is 1. The maximum absolute atomic E-state index is 12.7. The molecular weight excluding hydrogens is 370 g/mol. The number of benzene rings is 1. The summed E-state index contributed by atoms with van der Waals surface area (Å²) in [4.78, 5) is 18.2. The van der Waals surface area contributed by atoms with Gasteiger partial charge in [-0.05, 0) is 30.3 Å². The van der Waals surface area contributed by atoms with Crippen molar-refractivity contribution in [1.82, 2.24) is 4.98 Å². The van der Waals surface area contributed by atoms with Crippen molar-refractivity contribution in [3.63, 3.8) is 0 Å². The van der Waals surface area contributed by atoms with Crippen LogP contribution in [0, 0.1) is 0 Å². The number of hydrogen-bond acceptors (Lipinski definition) is 6. The molecule has 0 fully saturated rings. The second-order valence-corrected chi connectivity index (χ2v) is 6.59. The summed E-state index contributed by atoms with van der Waals surface area (Å²) in [6.07, 6.45) is 3.25. The number of oxime groups is 1. The predicted molar refractivity (Wildman–Crippen MR) is 91.2 cm³/mol. The Balaban J connectivity index is 2.01. The van der Waals surface area contributed by atoms with Crippen LogP contribution in [0.3, 0.4) is 0 Å². The van der Waals surface area contributed by atoms with Crippen molar-refractivity contribution in [2.24, 2.45) is 5.16 Å². The fourth-order valence-corrected chi connectivity index (χ4v) is 2.84. The molecule has 0 bridgehead atoms. The van der Waals surface area contributed by atoms with Crippen LogP contribution in [-0.2, 0) is 14.7 Å². The largest absolute Gasteiger partial charge is 0.466 e. The highest BCUT2D eigenvalue weighted by Gasteiger charge is 2.28. The van der Waals surface area contributed by atoms with Crippen LogP contribution in [0.15, 0.2) is 47.9 Å². The second kappa shape index (κ2) is 6.79. The van der Waals surface area contributed by atoms with Gasteiger partial charge < -0.3 is 4.90 Å². The Morgan fingerprint density at radius 3 is 2.84 bits per heavy atom. The molecule has 130 valence electrons. The third-order valence-corrected chi connectivity index (χ3v) is 4.03. The molecule has 25 heavy (non-hydrogen) atoms. The number of nitrogens with zero attached hydrogens (tertiary/aromatic N) is 3. The summed E-state index contributed by atoms with van der Waals surface area (Å²) in [5.41, 5.74) is 1.63. The number of anilines is 1. The van der Waals surface area contributed by atoms with Crippen molar-refractivity contribution >= 4 is 39.3 Å². The van der Waals surface area contributed by atoms with Gasteiger partial charge in [0.05, 0.1) is 17.0 Å². The van der Waals surface area contributed by atoms with E-state index in [0.29, 0.717) is 21.8 Å². The third-order valence-electron chi connectivity index (χ3n) is 3.53. The number of rotatable bonds is 3. The monoisotopic (exact) mass is 381 g/mol. The molecule has 2 heterocycles. The van der Waals surface area contributed by atoms with Crippen molar-refractivity contribution in [2.75, 3.05) is 11.4 Å². The van der Waals surface area contributed by atoms with Crippen molar-refractivity contribution in [3.8, 4) is 0 Å². The Labute approximate surface area is 148 Å². The van der Waals surface area contributed by atoms with Gasteiger partial charge in [-0.2, -0.15) is 8.42 Å². The summed E-state index contributed by atoms with van der Waals surface area (Å²) < 4.78 is 34.2. The van der Waals surface area contributed by atoms with Gasteiger partial charge in [0.2, 0.25) is 0 Å². The number of carbonyl (C=O) groups is 1. The van der Waals surface area contributed by atoms with E-state index in [4.69, 9.17) is 16.2 Å². The van der Waals surface area contributed by atoms with Gasteiger partial charge in [-0.15, -0.1) is 0 Å². The lowest BCUT2D eigenvalue weighted by molar-refractivity contribution is 0.0986. The first kappa shape index (κ1) is 17.3. The minimum absolute atomic E-state index is 0.231. The molecule has 10 heteroatoms. The fourth-order valence-electron chi connectivity index (χ4n) is 2.49. The molecule has 2 aromatic rings. The van der Waals surface area contributed by atoms with E-state index in [0.717, 1.165) is 0 Å². The number of fused-ring (bicyclic) bond motifs is 1. The minimum atomic E-state index is -4.71. The number of halogens is 1. The van der Waals surface area contributed by atoms with Crippen LogP contribution >= 0.6 is 11.6 Å². The summed E-state index contributed by atoms with van der Waals surface area (Å²) >= 11 is 6.03. The highest BCUT2D eigenvalue weighted by Crippen LogP contribution is 2.31. The Morgan fingerprint density at radius 1 is 1.36 bits per heavy atom. The zero-order valence-corrected chi connectivity index (χ0v) is 14.2. The molecule has 1 aromatic carbocycles. The van der Waals surface area contributed by atoms with Gasteiger partial charge in [-0.25, -0.2) is 4.28 Å². The smallest absolute Gasteiger partial charge is 0.307 e. The fraction of sp³-hybridized carbons (Fsp3) is 0.133. The zero-order valence-electron chi connectivity index (χ0n) is 12.7.